The Morgan fingerprint density at radius 1 is 1.21 bits per heavy atom. The summed E-state index contributed by atoms with van der Waals surface area (Å²) in [6.07, 6.45) is -4.72. The average Bonchev–Trinajstić information content (AvgIpc) is 2.73. The van der Waals surface area contributed by atoms with Gasteiger partial charge in [0.15, 0.2) is 0 Å². The van der Waals surface area contributed by atoms with Crippen molar-refractivity contribution in [2.24, 2.45) is 0 Å². The van der Waals surface area contributed by atoms with Gasteiger partial charge in [0.25, 0.3) is 0 Å². The van der Waals surface area contributed by atoms with Gasteiger partial charge in [-0.3, -0.25) is 0 Å². The second-order valence-corrected chi connectivity index (χ2v) is 6.00. The summed E-state index contributed by atoms with van der Waals surface area (Å²) in [5.41, 5.74) is -0.972. The van der Waals surface area contributed by atoms with E-state index in [0.717, 1.165) is 12.1 Å². The summed E-state index contributed by atoms with van der Waals surface area (Å²) in [6.45, 7) is 0. The number of hydrogen-bond donors (Lipinski definition) is 0. The molecule has 102 valence electrons. The highest BCUT2D eigenvalue weighted by atomic mass is 79.9. The van der Waals surface area contributed by atoms with Crippen molar-refractivity contribution in [3.8, 4) is 0 Å². The summed E-state index contributed by atoms with van der Waals surface area (Å²) >= 11 is 10.5. The minimum absolute atomic E-state index is 0.304. The van der Waals surface area contributed by atoms with Gasteiger partial charge < -0.3 is 0 Å². The Balaban J connectivity index is 2.44. The molecule has 0 saturated carbocycles. The van der Waals surface area contributed by atoms with Gasteiger partial charge in [0, 0.05) is 4.88 Å². The average molecular weight is 374 g/mol. The molecular formula is C12H6BrClF4S. The van der Waals surface area contributed by atoms with Crippen LogP contribution >= 0.6 is 38.9 Å². The van der Waals surface area contributed by atoms with Crippen LogP contribution in [0.15, 0.2) is 29.6 Å². The van der Waals surface area contributed by atoms with Crippen LogP contribution in [0.25, 0.3) is 0 Å². The van der Waals surface area contributed by atoms with Crippen LogP contribution in [0.4, 0.5) is 17.6 Å². The molecule has 0 bridgehead atoms. The summed E-state index contributed by atoms with van der Waals surface area (Å²) in [6, 6.07) is 4.57. The fraction of sp³-hybridized carbons (Fsp3) is 0.167. The Morgan fingerprint density at radius 3 is 2.42 bits per heavy atom. The highest BCUT2D eigenvalue weighted by Gasteiger charge is 2.34. The summed E-state index contributed by atoms with van der Waals surface area (Å²) < 4.78 is 51.1. The Hall–Kier alpha value is -0.590. The summed E-state index contributed by atoms with van der Waals surface area (Å²) in [4.78, 5) is 0.183. The number of benzene rings is 1. The van der Waals surface area contributed by atoms with E-state index in [1.165, 1.54) is 17.4 Å². The van der Waals surface area contributed by atoms with Crippen LogP contribution < -0.4 is 0 Å². The third-order valence-electron chi connectivity index (χ3n) is 2.46. The maximum Gasteiger partial charge on any atom is 0.419 e. The van der Waals surface area contributed by atoms with E-state index < -0.39 is 22.4 Å². The van der Waals surface area contributed by atoms with Gasteiger partial charge in [-0.15, -0.1) is 11.3 Å². The van der Waals surface area contributed by atoms with E-state index in [-0.39, 0.29) is 0 Å². The second-order valence-electron chi connectivity index (χ2n) is 3.73. The summed E-state index contributed by atoms with van der Waals surface area (Å²) in [5, 5.41) is 2.20. The number of alkyl halides is 4. The second kappa shape index (κ2) is 5.42. The fourth-order valence-corrected chi connectivity index (χ4v) is 3.71. The van der Waals surface area contributed by atoms with Gasteiger partial charge in [0.1, 0.15) is 5.82 Å². The molecular weight excluding hydrogens is 368 g/mol. The standard InChI is InChI=1S/C12H6BrClF4S/c13-10(11-8(14)3-4-19-11)6-1-2-9(15)7(5-6)12(16,17)18/h1-5,10H. The lowest BCUT2D eigenvalue weighted by Crippen LogP contribution is -2.09. The first-order valence-electron chi connectivity index (χ1n) is 5.04. The molecule has 0 aliphatic heterocycles. The van der Waals surface area contributed by atoms with Crippen LogP contribution in [0.1, 0.15) is 20.8 Å². The molecule has 19 heavy (non-hydrogen) atoms. The van der Waals surface area contributed by atoms with E-state index in [2.05, 4.69) is 15.9 Å². The molecule has 0 aliphatic carbocycles. The zero-order chi connectivity index (χ0) is 14.2. The van der Waals surface area contributed by atoms with Crippen LogP contribution in [0.3, 0.4) is 0 Å². The monoisotopic (exact) mass is 372 g/mol. The van der Waals surface area contributed by atoms with E-state index in [9.17, 15) is 17.6 Å². The van der Waals surface area contributed by atoms with Gasteiger partial charge in [-0.1, -0.05) is 33.6 Å². The first-order chi connectivity index (χ1) is 8.80. The normalized spacial score (nSPS) is 13.6. The van der Waals surface area contributed by atoms with Crippen molar-refractivity contribution in [1.82, 2.24) is 0 Å². The predicted molar refractivity (Wildman–Crippen MR) is 71.5 cm³/mol. The van der Waals surface area contributed by atoms with Crippen molar-refractivity contribution in [1.29, 1.82) is 0 Å². The molecule has 0 N–H and O–H groups in total. The molecule has 1 heterocycles. The molecule has 2 aromatic rings. The van der Waals surface area contributed by atoms with Crippen LogP contribution in [0.2, 0.25) is 5.02 Å². The van der Waals surface area contributed by atoms with Crippen molar-refractivity contribution in [2.75, 3.05) is 0 Å². The van der Waals surface area contributed by atoms with Crippen molar-refractivity contribution < 1.29 is 17.6 Å². The first-order valence-corrected chi connectivity index (χ1v) is 7.21. The van der Waals surface area contributed by atoms with Crippen molar-refractivity contribution in [2.45, 2.75) is 11.0 Å². The molecule has 0 aliphatic rings. The van der Waals surface area contributed by atoms with E-state index in [0.29, 0.717) is 15.5 Å². The molecule has 0 radical (unpaired) electrons. The maximum absolute atomic E-state index is 13.2. The Morgan fingerprint density at radius 2 is 1.89 bits per heavy atom. The van der Waals surface area contributed by atoms with Crippen molar-refractivity contribution >= 4 is 38.9 Å². The molecule has 1 aromatic carbocycles. The third kappa shape index (κ3) is 3.12. The van der Waals surface area contributed by atoms with Crippen LogP contribution in [0.5, 0.6) is 0 Å². The minimum Gasteiger partial charge on any atom is -0.206 e. The predicted octanol–water partition coefficient (Wildman–Crippen LogP) is 6.04. The van der Waals surface area contributed by atoms with E-state index >= 15 is 0 Å². The summed E-state index contributed by atoms with van der Waals surface area (Å²) in [5.74, 6) is -1.28. The first kappa shape index (κ1) is 14.8. The lowest BCUT2D eigenvalue weighted by Gasteiger charge is -2.13. The molecule has 0 amide bonds. The molecule has 0 saturated heterocycles. The Labute approximate surface area is 124 Å². The number of hydrogen-bond acceptors (Lipinski definition) is 1. The van der Waals surface area contributed by atoms with Gasteiger partial charge in [-0.05, 0) is 29.1 Å². The molecule has 1 unspecified atom stereocenters. The quantitative estimate of drug-likeness (QED) is 0.444. The molecule has 0 fully saturated rings. The minimum atomic E-state index is -4.72. The third-order valence-corrected chi connectivity index (χ3v) is 5.18. The van der Waals surface area contributed by atoms with E-state index in [1.54, 1.807) is 11.4 Å². The van der Waals surface area contributed by atoms with Crippen LogP contribution in [-0.2, 0) is 6.18 Å². The molecule has 1 aromatic heterocycles. The highest BCUT2D eigenvalue weighted by molar-refractivity contribution is 9.09. The maximum atomic E-state index is 13.2. The topological polar surface area (TPSA) is 0 Å². The van der Waals surface area contributed by atoms with Gasteiger partial charge >= 0.3 is 6.18 Å². The SMILES string of the molecule is Fc1ccc(C(Br)c2sccc2Cl)cc1C(F)(F)F. The fourth-order valence-electron chi connectivity index (χ4n) is 1.56. The molecule has 1 atom stereocenters. The molecule has 2 rings (SSSR count). The smallest absolute Gasteiger partial charge is 0.206 e. The van der Waals surface area contributed by atoms with E-state index in [4.69, 9.17) is 11.6 Å². The largest absolute Gasteiger partial charge is 0.419 e. The van der Waals surface area contributed by atoms with Gasteiger partial charge in [0.05, 0.1) is 15.4 Å². The van der Waals surface area contributed by atoms with Crippen LogP contribution in [-0.4, -0.2) is 0 Å². The van der Waals surface area contributed by atoms with Gasteiger partial charge in [-0.2, -0.15) is 13.2 Å². The Kier molecular flexibility index (Phi) is 4.23. The number of rotatable bonds is 2. The highest BCUT2D eigenvalue weighted by Crippen LogP contribution is 2.41. The molecule has 0 nitrogen and oxygen atoms in total. The lowest BCUT2D eigenvalue weighted by atomic mass is 10.1. The van der Waals surface area contributed by atoms with Gasteiger partial charge in [-0.25, -0.2) is 4.39 Å². The van der Waals surface area contributed by atoms with E-state index in [1.807, 2.05) is 0 Å². The number of thiophene rings is 1. The van der Waals surface area contributed by atoms with Crippen LogP contribution in [0, 0.1) is 5.82 Å². The van der Waals surface area contributed by atoms with Gasteiger partial charge in [0.2, 0.25) is 0 Å². The zero-order valence-electron chi connectivity index (χ0n) is 9.14. The zero-order valence-corrected chi connectivity index (χ0v) is 12.3. The lowest BCUT2D eigenvalue weighted by molar-refractivity contribution is -0.140. The molecule has 7 heteroatoms. The Bertz CT molecular complexity index is 594. The number of halogens is 6. The van der Waals surface area contributed by atoms with Crippen molar-refractivity contribution in [3.63, 3.8) is 0 Å². The summed E-state index contributed by atoms with van der Waals surface area (Å²) in [7, 11) is 0. The molecule has 0 spiro atoms. The van der Waals surface area contributed by atoms with Crippen molar-refractivity contribution in [3.05, 3.63) is 56.5 Å².